The molecule has 3 N–H and O–H groups in total. The van der Waals surface area contributed by atoms with Crippen LogP contribution in [0.25, 0.3) is 0 Å². The van der Waals surface area contributed by atoms with Gasteiger partial charge in [-0.25, -0.2) is 13.1 Å². The van der Waals surface area contributed by atoms with Crippen LogP contribution in [0.15, 0.2) is 21.3 Å². The van der Waals surface area contributed by atoms with Crippen molar-refractivity contribution in [2.24, 2.45) is 4.99 Å². The summed E-state index contributed by atoms with van der Waals surface area (Å²) >= 11 is 1.27. The van der Waals surface area contributed by atoms with Crippen molar-refractivity contribution >= 4 is 51.3 Å². The van der Waals surface area contributed by atoms with Crippen molar-refractivity contribution in [3.8, 4) is 0 Å². The number of hydrogen-bond acceptors (Lipinski definition) is 6. The fourth-order valence-electron chi connectivity index (χ4n) is 1.64. The van der Waals surface area contributed by atoms with Gasteiger partial charge in [0.15, 0.2) is 5.96 Å². The smallest absolute Gasteiger partial charge is 0.250 e. The molecule has 2 rings (SSSR count). The Bertz CT molecular complexity index is 557. The third-order valence-corrected chi connectivity index (χ3v) is 5.54. The van der Waals surface area contributed by atoms with Gasteiger partial charge in [-0.2, -0.15) is 0 Å². The summed E-state index contributed by atoms with van der Waals surface area (Å²) in [6, 6.07) is 3.43. The summed E-state index contributed by atoms with van der Waals surface area (Å²) in [5.41, 5.74) is 0. The minimum atomic E-state index is -3.37. The summed E-state index contributed by atoms with van der Waals surface area (Å²) in [5.74, 6) is 0.748. The van der Waals surface area contributed by atoms with E-state index in [1.165, 1.54) is 11.3 Å². The zero-order valence-electron chi connectivity index (χ0n) is 11.2. The van der Waals surface area contributed by atoms with Crippen molar-refractivity contribution in [2.75, 3.05) is 26.2 Å². The van der Waals surface area contributed by atoms with Gasteiger partial charge in [-0.05, 0) is 25.5 Å². The number of nitrogens with one attached hydrogen (secondary N) is 3. The monoisotopic (exact) mass is 430 g/mol. The number of hydrogen-bond donors (Lipinski definition) is 3. The van der Waals surface area contributed by atoms with E-state index in [1.54, 1.807) is 12.1 Å². The van der Waals surface area contributed by atoms with Gasteiger partial charge in [0.1, 0.15) is 4.21 Å². The molecular weight excluding hydrogens is 411 g/mol. The molecule has 0 bridgehead atoms. The summed E-state index contributed by atoms with van der Waals surface area (Å²) in [7, 11) is -3.37. The molecule has 0 fully saturated rings. The summed E-state index contributed by atoms with van der Waals surface area (Å²) in [4.78, 5) is 5.23. The first kappa shape index (κ1) is 17.7. The van der Waals surface area contributed by atoms with Crippen molar-refractivity contribution in [1.29, 1.82) is 0 Å². The average molecular weight is 430 g/mol. The highest BCUT2D eigenvalue weighted by Crippen LogP contribution is 2.19. The van der Waals surface area contributed by atoms with Crippen LogP contribution < -0.4 is 15.4 Å². The van der Waals surface area contributed by atoms with E-state index in [0.717, 1.165) is 30.3 Å². The molecule has 6 nitrogen and oxygen atoms in total. The van der Waals surface area contributed by atoms with E-state index >= 15 is 0 Å². The van der Waals surface area contributed by atoms with Crippen molar-refractivity contribution in [3.63, 3.8) is 0 Å². The molecule has 0 spiro atoms. The van der Waals surface area contributed by atoms with Crippen LogP contribution in [0, 0.1) is 6.92 Å². The number of aryl methyl sites for hydroxylation is 1. The number of rotatable bonds is 5. The SMILES string of the molecule is Cc1ccc(S(=O)(=O)NCCNC2=NCCCN2)s1.I. The molecule has 1 aromatic heterocycles. The van der Waals surface area contributed by atoms with Gasteiger partial charge < -0.3 is 10.6 Å². The number of guanidine groups is 1. The van der Waals surface area contributed by atoms with Crippen LogP contribution in [0.2, 0.25) is 0 Å². The Morgan fingerprint density at radius 3 is 2.80 bits per heavy atom. The highest BCUT2D eigenvalue weighted by atomic mass is 127. The maximum Gasteiger partial charge on any atom is 0.250 e. The lowest BCUT2D eigenvalue weighted by molar-refractivity contribution is 0.582. The molecule has 0 atom stereocenters. The fourth-order valence-corrected chi connectivity index (χ4v) is 4.00. The van der Waals surface area contributed by atoms with Crippen LogP contribution in [0.4, 0.5) is 0 Å². The lowest BCUT2D eigenvalue weighted by Crippen LogP contribution is -2.43. The quantitative estimate of drug-likeness (QED) is 0.479. The van der Waals surface area contributed by atoms with Crippen molar-refractivity contribution < 1.29 is 8.42 Å². The minimum absolute atomic E-state index is 0. The zero-order valence-corrected chi connectivity index (χ0v) is 15.1. The molecule has 0 radical (unpaired) electrons. The van der Waals surface area contributed by atoms with Gasteiger partial charge in [0.2, 0.25) is 10.0 Å². The highest BCUT2D eigenvalue weighted by molar-refractivity contribution is 14.0. The lowest BCUT2D eigenvalue weighted by atomic mass is 10.4. The second kappa shape index (κ2) is 8.15. The van der Waals surface area contributed by atoms with Gasteiger partial charge in [0.25, 0.3) is 0 Å². The highest BCUT2D eigenvalue weighted by Gasteiger charge is 2.15. The summed E-state index contributed by atoms with van der Waals surface area (Å²) in [5, 5.41) is 6.18. The van der Waals surface area contributed by atoms with E-state index in [1.807, 2.05) is 6.92 Å². The Morgan fingerprint density at radius 2 is 2.20 bits per heavy atom. The van der Waals surface area contributed by atoms with Crippen molar-refractivity contribution in [3.05, 3.63) is 17.0 Å². The second-order valence-corrected chi connectivity index (χ2v) is 7.48. The summed E-state index contributed by atoms with van der Waals surface area (Å²) < 4.78 is 26.8. The zero-order chi connectivity index (χ0) is 13.7. The third-order valence-electron chi connectivity index (χ3n) is 2.59. The summed E-state index contributed by atoms with van der Waals surface area (Å²) in [6.07, 6.45) is 1.04. The fraction of sp³-hybridized carbons (Fsp3) is 0.545. The first-order chi connectivity index (χ1) is 9.08. The Morgan fingerprint density at radius 1 is 1.40 bits per heavy atom. The van der Waals surface area contributed by atoms with Crippen molar-refractivity contribution in [2.45, 2.75) is 17.6 Å². The van der Waals surface area contributed by atoms with Gasteiger partial charge in [-0.15, -0.1) is 35.3 Å². The van der Waals surface area contributed by atoms with Gasteiger partial charge >= 0.3 is 0 Å². The van der Waals surface area contributed by atoms with Gasteiger partial charge in [0, 0.05) is 31.1 Å². The predicted molar refractivity (Wildman–Crippen MR) is 92.6 cm³/mol. The van der Waals surface area contributed by atoms with E-state index in [-0.39, 0.29) is 24.0 Å². The topological polar surface area (TPSA) is 82.6 Å². The first-order valence-corrected chi connectivity index (χ1v) is 8.46. The van der Waals surface area contributed by atoms with Crippen LogP contribution in [0.5, 0.6) is 0 Å². The molecule has 0 amide bonds. The van der Waals surface area contributed by atoms with Crippen LogP contribution >= 0.6 is 35.3 Å². The lowest BCUT2D eigenvalue weighted by Gasteiger charge is -2.15. The molecule has 2 heterocycles. The molecule has 1 aromatic rings. The van der Waals surface area contributed by atoms with E-state index in [2.05, 4.69) is 20.3 Å². The Kier molecular flexibility index (Phi) is 7.20. The largest absolute Gasteiger partial charge is 0.356 e. The van der Waals surface area contributed by atoms with Gasteiger partial charge in [-0.3, -0.25) is 4.99 Å². The summed E-state index contributed by atoms with van der Waals surface area (Å²) in [6.45, 7) is 4.45. The predicted octanol–water partition coefficient (Wildman–Crippen LogP) is 0.892. The van der Waals surface area contributed by atoms with Crippen molar-refractivity contribution in [1.82, 2.24) is 15.4 Å². The first-order valence-electron chi connectivity index (χ1n) is 6.16. The Balaban J connectivity index is 0.00000200. The third kappa shape index (κ3) is 5.19. The molecule has 9 heteroatoms. The van der Waals surface area contributed by atoms with Crippen LogP contribution in [-0.2, 0) is 10.0 Å². The Hall–Kier alpha value is -0.390. The maximum absolute atomic E-state index is 11.9. The van der Waals surface area contributed by atoms with Crippen LogP contribution in [0.1, 0.15) is 11.3 Å². The molecule has 1 aliphatic heterocycles. The van der Waals surface area contributed by atoms with Gasteiger partial charge in [0.05, 0.1) is 0 Å². The number of halogens is 1. The molecule has 0 aromatic carbocycles. The van der Waals surface area contributed by atoms with Crippen LogP contribution in [0.3, 0.4) is 0 Å². The van der Waals surface area contributed by atoms with Crippen LogP contribution in [-0.4, -0.2) is 40.6 Å². The number of sulfonamides is 1. The van der Waals surface area contributed by atoms with E-state index in [9.17, 15) is 8.42 Å². The minimum Gasteiger partial charge on any atom is -0.356 e. The maximum atomic E-state index is 11.9. The van der Waals surface area contributed by atoms with Gasteiger partial charge in [-0.1, -0.05) is 0 Å². The normalized spacial score (nSPS) is 14.9. The second-order valence-electron chi connectivity index (χ2n) is 4.20. The van der Waals surface area contributed by atoms with E-state index < -0.39 is 10.0 Å². The molecule has 114 valence electrons. The molecule has 20 heavy (non-hydrogen) atoms. The molecule has 0 saturated carbocycles. The van der Waals surface area contributed by atoms with E-state index in [4.69, 9.17) is 0 Å². The number of nitrogens with zero attached hydrogens (tertiary/aromatic N) is 1. The van der Waals surface area contributed by atoms with E-state index in [0.29, 0.717) is 17.3 Å². The number of aliphatic imine (C=N–C) groups is 1. The molecular formula is C11H19IN4O2S2. The molecule has 0 unspecified atom stereocenters. The molecule has 0 aliphatic carbocycles. The standard InChI is InChI=1S/C11H18N4O2S2.HI/c1-9-3-4-10(18-9)19(16,17)15-8-7-14-11-12-5-2-6-13-11;/h3-4,15H,2,5-8H2,1H3,(H2,12,13,14);1H. The average Bonchev–Trinajstić information content (AvgIpc) is 2.84. The molecule has 0 saturated heterocycles. The Labute approximate surface area is 140 Å². The number of thiophene rings is 1. The molecule has 1 aliphatic rings.